The monoisotopic (exact) mass is 765 g/mol. The smallest absolute Gasteiger partial charge is 0.274 e. The summed E-state index contributed by atoms with van der Waals surface area (Å²) in [6, 6.07) is 1.77. The van der Waals surface area contributed by atoms with E-state index in [2.05, 4.69) is 30.5 Å². The lowest BCUT2D eigenvalue weighted by molar-refractivity contribution is -0.141. The van der Waals surface area contributed by atoms with Crippen molar-refractivity contribution in [2.45, 2.75) is 114 Å². The maximum atomic E-state index is 14.5. The maximum Gasteiger partial charge on any atom is 0.274 e. The molecule has 15 nitrogen and oxygen atoms in total. The lowest BCUT2D eigenvalue weighted by Gasteiger charge is -2.30. The van der Waals surface area contributed by atoms with Gasteiger partial charge in [0.05, 0.1) is 22.3 Å². The second-order valence-electron chi connectivity index (χ2n) is 15.2. The third-order valence-electron chi connectivity index (χ3n) is 11.2. The Bertz CT molecular complexity index is 2170. The number of allylic oxidation sites excluding steroid dienone is 1. The predicted molar refractivity (Wildman–Crippen MR) is 192 cm³/mol. The summed E-state index contributed by atoms with van der Waals surface area (Å²) in [4.78, 5) is 66.5. The van der Waals surface area contributed by atoms with E-state index in [-0.39, 0.29) is 42.9 Å². The van der Waals surface area contributed by atoms with Gasteiger partial charge in [-0.25, -0.2) is 22.8 Å². The quantitative estimate of drug-likeness (QED) is 0.298. The van der Waals surface area contributed by atoms with Gasteiger partial charge in [0.15, 0.2) is 5.69 Å². The Morgan fingerprint density at radius 2 is 1.87 bits per heavy atom. The molecule has 0 unspecified atom stereocenters. The van der Waals surface area contributed by atoms with Gasteiger partial charge < -0.3 is 24.8 Å². The topological polar surface area (TPSA) is 203 Å². The first-order valence-electron chi connectivity index (χ1n) is 18.3. The van der Waals surface area contributed by atoms with Crippen LogP contribution < -0.4 is 20.1 Å². The van der Waals surface area contributed by atoms with E-state index >= 15 is 0 Å². The van der Waals surface area contributed by atoms with Crippen LogP contribution in [0.2, 0.25) is 0 Å². The first-order valence-corrected chi connectivity index (χ1v) is 19.8. The van der Waals surface area contributed by atoms with E-state index in [9.17, 15) is 32.0 Å². The van der Waals surface area contributed by atoms with Gasteiger partial charge in [0.2, 0.25) is 27.7 Å². The second-order valence-corrected chi connectivity index (χ2v) is 17.4. The van der Waals surface area contributed by atoms with E-state index in [0.717, 1.165) is 12.8 Å². The molecule has 17 heteroatoms. The van der Waals surface area contributed by atoms with E-state index in [4.69, 9.17) is 9.26 Å². The van der Waals surface area contributed by atoms with Crippen molar-refractivity contribution in [3.8, 4) is 5.88 Å². The SMILES string of the molecule is Cc1nc2ccc(F)cc2nc1O[C@@H]1C[C@H]2C(=O)N[C@]3(C(=O)NS(=O)(=O)C4(C)CC4)C[C@H]3C=CCCCCC[C@H](NC(=O)c3noc(C)c3C)C(=O)N2C1. The number of ether oxygens (including phenoxy) is 1. The Labute approximate surface area is 311 Å². The molecule has 54 heavy (non-hydrogen) atoms. The molecule has 1 saturated heterocycles. The van der Waals surface area contributed by atoms with Gasteiger partial charge in [-0.1, -0.05) is 30.2 Å². The number of aryl methyl sites for hydroxylation is 2. The molecule has 0 bridgehead atoms. The van der Waals surface area contributed by atoms with E-state index in [1.807, 2.05) is 12.2 Å². The van der Waals surface area contributed by atoms with Gasteiger partial charge in [-0.15, -0.1) is 0 Å². The molecule has 0 radical (unpaired) electrons. The molecule has 288 valence electrons. The van der Waals surface area contributed by atoms with Crippen molar-refractivity contribution in [2.24, 2.45) is 5.92 Å². The average molecular weight is 766 g/mol. The van der Waals surface area contributed by atoms with Crippen molar-refractivity contribution >= 4 is 44.7 Å². The van der Waals surface area contributed by atoms with Crippen molar-refractivity contribution < 1.29 is 41.2 Å². The second kappa shape index (κ2) is 14.0. The Morgan fingerprint density at radius 1 is 1.09 bits per heavy atom. The summed E-state index contributed by atoms with van der Waals surface area (Å²) < 4.78 is 52.9. The minimum Gasteiger partial charge on any atom is -0.471 e. The largest absolute Gasteiger partial charge is 0.471 e. The fourth-order valence-corrected chi connectivity index (χ4v) is 8.48. The molecular weight excluding hydrogens is 722 g/mol. The van der Waals surface area contributed by atoms with Crippen LogP contribution in [-0.2, 0) is 24.4 Å². The summed E-state index contributed by atoms with van der Waals surface area (Å²) in [5.41, 5.74) is 0.145. The molecule has 4 aliphatic rings. The van der Waals surface area contributed by atoms with Crippen LogP contribution >= 0.6 is 0 Å². The predicted octanol–water partition coefficient (Wildman–Crippen LogP) is 3.22. The summed E-state index contributed by atoms with van der Waals surface area (Å²) in [5, 5.41) is 9.54. The highest BCUT2D eigenvalue weighted by Gasteiger charge is 2.63. The van der Waals surface area contributed by atoms with E-state index in [0.29, 0.717) is 48.2 Å². The molecule has 3 N–H and O–H groups in total. The van der Waals surface area contributed by atoms with Crippen LogP contribution in [0, 0.1) is 32.5 Å². The van der Waals surface area contributed by atoms with Gasteiger partial charge in [0.1, 0.15) is 41.0 Å². The van der Waals surface area contributed by atoms with Crippen molar-refractivity contribution in [2.75, 3.05) is 6.54 Å². The number of halogens is 1. The van der Waals surface area contributed by atoms with Gasteiger partial charge in [-0.05, 0) is 78.4 Å². The normalized spacial score (nSPS) is 26.9. The Kier molecular flexibility index (Phi) is 9.73. The third kappa shape index (κ3) is 7.17. The highest BCUT2D eigenvalue weighted by Crippen LogP contribution is 2.47. The van der Waals surface area contributed by atoms with Gasteiger partial charge in [0, 0.05) is 24.0 Å². The molecule has 4 amide bonds. The number of hydrogen-bond donors (Lipinski definition) is 3. The Morgan fingerprint density at radius 3 is 2.59 bits per heavy atom. The van der Waals surface area contributed by atoms with Crippen LogP contribution in [0.1, 0.15) is 92.2 Å². The number of aromatic nitrogens is 3. The number of rotatable bonds is 7. The fourth-order valence-electron chi connectivity index (χ4n) is 7.17. The minimum atomic E-state index is -4.01. The fraction of sp³-hybridized carbons (Fsp3) is 0.541. The maximum absolute atomic E-state index is 14.5. The zero-order valence-corrected chi connectivity index (χ0v) is 31.4. The molecule has 2 saturated carbocycles. The van der Waals surface area contributed by atoms with Crippen LogP contribution in [0.25, 0.3) is 11.0 Å². The van der Waals surface area contributed by atoms with Crippen molar-refractivity contribution in [1.29, 1.82) is 0 Å². The van der Waals surface area contributed by atoms with Crippen molar-refractivity contribution in [1.82, 2.24) is 35.4 Å². The van der Waals surface area contributed by atoms with E-state index in [1.54, 1.807) is 27.7 Å². The van der Waals surface area contributed by atoms with Crippen LogP contribution in [0.4, 0.5) is 4.39 Å². The molecule has 1 aromatic carbocycles. The number of fused-ring (bicyclic) bond motifs is 3. The van der Waals surface area contributed by atoms with Gasteiger partial charge in [0.25, 0.3) is 11.8 Å². The van der Waals surface area contributed by atoms with Gasteiger partial charge in [-0.2, -0.15) is 0 Å². The standard InChI is InChI=1S/C37H44FN7O8S/c1-20-22(3)53-43-30(20)32(47)40-27-11-9-7-5-6-8-10-23-18-37(23,35(49)44-54(50,51)36(4)14-15-36)42-31(46)29-17-25(19-45(29)34(27)48)52-33-21(2)39-26-13-12-24(38)16-28(26)41-33/h8,10,12-13,16,23,25,27,29H,5-7,9,11,14-15,17-19H2,1-4H3,(H,40,47)(H,42,46)(H,44,49)/t23-,25-,27+,29+,37-/m1/s1. The number of carbonyl (C=O) groups is 4. The molecule has 7 rings (SSSR count). The van der Waals surface area contributed by atoms with Crippen LogP contribution in [-0.4, -0.2) is 87.1 Å². The first kappa shape index (κ1) is 37.4. The summed E-state index contributed by atoms with van der Waals surface area (Å²) in [7, 11) is -4.01. The molecule has 2 aromatic heterocycles. The van der Waals surface area contributed by atoms with Crippen LogP contribution in [0.3, 0.4) is 0 Å². The molecular formula is C37H44FN7O8S. The number of amides is 4. The highest BCUT2D eigenvalue weighted by molar-refractivity contribution is 7.91. The molecule has 5 atom stereocenters. The zero-order chi connectivity index (χ0) is 38.6. The van der Waals surface area contributed by atoms with Crippen LogP contribution in [0.15, 0.2) is 34.9 Å². The minimum absolute atomic E-state index is 0.0310. The van der Waals surface area contributed by atoms with Gasteiger partial charge in [-0.3, -0.25) is 23.9 Å². The summed E-state index contributed by atoms with van der Waals surface area (Å²) in [6.07, 6.45) is 6.95. The molecule has 2 aliphatic heterocycles. The Balaban J connectivity index is 1.20. The molecule has 0 spiro atoms. The summed E-state index contributed by atoms with van der Waals surface area (Å²) >= 11 is 0. The van der Waals surface area contributed by atoms with Crippen molar-refractivity contribution in [3.05, 3.63) is 58.9 Å². The summed E-state index contributed by atoms with van der Waals surface area (Å²) in [5.74, 6) is -3.07. The van der Waals surface area contributed by atoms with E-state index in [1.165, 1.54) is 23.1 Å². The number of benzene rings is 1. The molecule has 2 aliphatic carbocycles. The molecule has 4 heterocycles. The number of nitrogens with zero attached hydrogens (tertiary/aromatic N) is 4. The molecule has 3 fully saturated rings. The Hall–Kier alpha value is -4.93. The number of hydrogen-bond acceptors (Lipinski definition) is 11. The van der Waals surface area contributed by atoms with Crippen LogP contribution in [0.5, 0.6) is 5.88 Å². The first-order chi connectivity index (χ1) is 25.6. The van der Waals surface area contributed by atoms with Crippen molar-refractivity contribution in [3.63, 3.8) is 0 Å². The number of carbonyl (C=O) groups excluding carboxylic acids is 4. The highest BCUT2D eigenvalue weighted by atomic mass is 32.2. The lowest BCUT2D eigenvalue weighted by atomic mass is 10.0. The zero-order valence-electron chi connectivity index (χ0n) is 30.6. The number of sulfonamides is 1. The third-order valence-corrected chi connectivity index (χ3v) is 13.3. The molecule has 3 aromatic rings. The lowest BCUT2D eigenvalue weighted by Crippen LogP contribution is -2.58. The number of nitrogens with one attached hydrogen (secondary N) is 3. The average Bonchev–Trinajstić information content (AvgIpc) is 3.95. The summed E-state index contributed by atoms with van der Waals surface area (Å²) in [6.45, 7) is 6.52. The van der Waals surface area contributed by atoms with Gasteiger partial charge >= 0.3 is 0 Å². The van der Waals surface area contributed by atoms with E-state index < -0.39 is 73.9 Å².